The summed E-state index contributed by atoms with van der Waals surface area (Å²) in [5.41, 5.74) is 1.07. The van der Waals surface area contributed by atoms with E-state index in [9.17, 15) is 13.0 Å². The molecule has 21 heavy (non-hydrogen) atoms. The second-order valence-corrected chi connectivity index (χ2v) is 6.47. The van der Waals surface area contributed by atoms with Crippen LogP contribution in [-0.2, 0) is 10.1 Å². The highest BCUT2D eigenvalue weighted by Gasteiger charge is 2.19. The Balaban J connectivity index is 2.56. The van der Waals surface area contributed by atoms with Crippen molar-refractivity contribution in [2.24, 2.45) is 0 Å². The van der Waals surface area contributed by atoms with Gasteiger partial charge >= 0.3 is 0 Å². The minimum atomic E-state index is -4.28. The Morgan fingerprint density at radius 2 is 1.62 bits per heavy atom. The van der Waals surface area contributed by atoms with Gasteiger partial charge in [-0.15, -0.1) is 0 Å². The van der Waals surface area contributed by atoms with Gasteiger partial charge in [0.2, 0.25) is 0 Å². The fourth-order valence-corrected chi connectivity index (χ4v) is 3.51. The lowest BCUT2D eigenvalue weighted by atomic mass is 9.96. The molecule has 0 amide bonds. The predicted octanol–water partition coefficient (Wildman–Crippen LogP) is 4.27. The molecule has 0 unspecified atom stereocenters. The van der Waals surface area contributed by atoms with Crippen molar-refractivity contribution in [3.63, 3.8) is 0 Å². The summed E-state index contributed by atoms with van der Waals surface area (Å²) in [6.07, 6.45) is 0. The van der Waals surface area contributed by atoms with Crippen LogP contribution in [-0.4, -0.2) is 13.0 Å². The molecule has 0 aliphatic carbocycles. The third-order valence-corrected chi connectivity index (χ3v) is 4.49. The summed E-state index contributed by atoms with van der Waals surface area (Å²) in [4.78, 5) is -0.0993. The Bertz CT molecular complexity index is 986. The average Bonchev–Trinajstić information content (AvgIpc) is 2.44. The number of fused-ring (bicyclic) bond motifs is 3. The molecule has 4 heteroatoms. The molecule has 0 saturated carbocycles. The van der Waals surface area contributed by atoms with Crippen LogP contribution >= 0.6 is 0 Å². The van der Waals surface area contributed by atoms with Gasteiger partial charge in [-0.25, -0.2) is 0 Å². The quantitative estimate of drug-likeness (QED) is 0.567. The standard InChI is InChI=1S/C17H14O3S/c1-11(2)17-15-8-7-12-5-3-4-6-13(12)14(15)9-10-16(17)21(18,19)20/h3-10H,1H2,2H3,(H,18,19,20). The molecule has 3 aromatic carbocycles. The van der Waals surface area contributed by atoms with E-state index in [2.05, 4.69) is 6.58 Å². The largest absolute Gasteiger partial charge is 0.295 e. The Labute approximate surface area is 123 Å². The van der Waals surface area contributed by atoms with Gasteiger partial charge in [0.15, 0.2) is 0 Å². The molecule has 0 heterocycles. The fourth-order valence-electron chi connectivity index (χ4n) is 2.72. The van der Waals surface area contributed by atoms with Gasteiger partial charge in [-0.2, -0.15) is 8.42 Å². The molecule has 3 rings (SSSR count). The molecule has 3 aromatic rings. The van der Waals surface area contributed by atoms with E-state index in [-0.39, 0.29) is 4.90 Å². The maximum atomic E-state index is 11.6. The van der Waals surface area contributed by atoms with Gasteiger partial charge in [0.25, 0.3) is 10.1 Å². The lowest BCUT2D eigenvalue weighted by molar-refractivity contribution is 0.483. The first-order valence-corrected chi connectivity index (χ1v) is 7.91. The Hall–Kier alpha value is -2.17. The summed E-state index contributed by atoms with van der Waals surface area (Å²) < 4.78 is 32.6. The van der Waals surface area contributed by atoms with Crippen molar-refractivity contribution >= 4 is 37.2 Å². The summed E-state index contributed by atoms with van der Waals surface area (Å²) in [5.74, 6) is 0. The van der Waals surface area contributed by atoms with Crippen LogP contribution in [0.3, 0.4) is 0 Å². The Kier molecular flexibility index (Phi) is 3.08. The zero-order valence-corrected chi connectivity index (χ0v) is 12.3. The fraction of sp³-hybridized carbons (Fsp3) is 0.0588. The summed E-state index contributed by atoms with van der Waals surface area (Å²) in [6.45, 7) is 5.59. The van der Waals surface area contributed by atoms with Gasteiger partial charge in [0.1, 0.15) is 4.90 Å². The van der Waals surface area contributed by atoms with E-state index < -0.39 is 10.1 Å². The molecule has 0 spiro atoms. The normalized spacial score (nSPS) is 11.9. The van der Waals surface area contributed by atoms with Crippen molar-refractivity contribution in [3.8, 4) is 0 Å². The van der Waals surface area contributed by atoms with Crippen molar-refractivity contribution in [2.45, 2.75) is 11.8 Å². The molecule has 0 radical (unpaired) electrons. The van der Waals surface area contributed by atoms with Crippen molar-refractivity contribution < 1.29 is 13.0 Å². The molecule has 0 aromatic heterocycles. The van der Waals surface area contributed by atoms with Crippen LogP contribution in [0.4, 0.5) is 0 Å². The Morgan fingerprint density at radius 1 is 0.952 bits per heavy atom. The van der Waals surface area contributed by atoms with Crippen LogP contribution < -0.4 is 0 Å². The minimum Gasteiger partial charge on any atom is -0.282 e. The van der Waals surface area contributed by atoms with Crippen LogP contribution in [0.25, 0.3) is 27.1 Å². The van der Waals surface area contributed by atoms with E-state index in [1.54, 1.807) is 13.0 Å². The minimum absolute atomic E-state index is 0.0993. The van der Waals surface area contributed by atoms with Gasteiger partial charge < -0.3 is 0 Å². The summed E-state index contributed by atoms with van der Waals surface area (Å²) in [7, 11) is -4.28. The monoisotopic (exact) mass is 298 g/mol. The zero-order valence-electron chi connectivity index (χ0n) is 11.5. The molecule has 0 saturated heterocycles. The van der Waals surface area contributed by atoms with Gasteiger partial charge in [0.05, 0.1) is 0 Å². The Morgan fingerprint density at radius 3 is 2.29 bits per heavy atom. The highest BCUT2D eigenvalue weighted by molar-refractivity contribution is 7.86. The molecule has 1 N–H and O–H groups in total. The lowest BCUT2D eigenvalue weighted by Gasteiger charge is -2.12. The highest BCUT2D eigenvalue weighted by atomic mass is 32.2. The first-order valence-electron chi connectivity index (χ1n) is 6.47. The number of hydrogen-bond donors (Lipinski definition) is 1. The zero-order chi connectivity index (χ0) is 15.2. The second-order valence-electron chi connectivity index (χ2n) is 5.08. The highest BCUT2D eigenvalue weighted by Crippen LogP contribution is 2.34. The summed E-state index contributed by atoms with van der Waals surface area (Å²) in [6, 6.07) is 14.9. The van der Waals surface area contributed by atoms with Gasteiger partial charge in [-0.05, 0) is 40.1 Å². The van der Waals surface area contributed by atoms with Crippen LogP contribution in [0.1, 0.15) is 12.5 Å². The lowest BCUT2D eigenvalue weighted by Crippen LogP contribution is -2.02. The predicted molar refractivity (Wildman–Crippen MR) is 86.0 cm³/mol. The molecular weight excluding hydrogens is 284 g/mol. The van der Waals surface area contributed by atoms with Crippen molar-refractivity contribution in [3.05, 3.63) is 60.7 Å². The van der Waals surface area contributed by atoms with Gasteiger partial charge in [-0.1, -0.05) is 49.0 Å². The summed E-state index contributed by atoms with van der Waals surface area (Å²) >= 11 is 0. The van der Waals surface area contributed by atoms with Crippen LogP contribution in [0.5, 0.6) is 0 Å². The number of rotatable bonds is 2. The van der Waals surface area contributed by atoms with Crippen LogP contribution in [0, 0.1) is 0 Å². The van der Waals surface area contributed by atoms with Crippen molar-refractivity contribution in [1.29, 1.82) is 0 Å². The molecule has 0 aliphatic heterocycles. The maximum absolute atomic E-state index is 11.6. The molecular formula is C17H14O3S. The molecule has 0 atom stereocenters. The smallest absolute Gasteiger partial charge is 0.282 e. The van der Waals surface area contributed by atoms with Crippen molar-refractivity contribution in [1.82, 2.24) is 0 Å². The number of benzene rings is 3. The second kappa shape index (κ2) is 4.69. The molecule has 3 nitrogen and oxygen atoms in total. The first-order chi connectivity index (χ1) is 9.89. The molecule has 106 valence electrons. The van der Waals surface area contributed by atoms with E-state index in [1.807, 2.05) is 36.4 Å². The maximum Gasteiger partial charge on any atom is 0.295 e. The SMILES string of the molecule is C=C(C)c1c(S(=O)(=O)O)ccc2c1ccc1ccccc12. The van der Waals surface area contributed by atoms with Crippen LogP contribution in [0.15, 0.2) is 60.0 Å². The summed E-state index contributed by atoms with van der Waals surface area (Å²) in [5, 5.41) is 3.84. The third-order valence-electron chi connectivity index (χ3n) is 3.59. The van der Waals surface area contributed by atoms with E-state index in [0.29, 0.717) is 11.1 Å². The van der Waals surface area contributed by atoms with Gasteiger partial charge in [0, 0.05) is 5.56 Å². The van der Waals surface area contributed by atoms with E-state index in [4.69, 9.17) is 0 Å². The average molecular weight is 298 g/mol. The molecule has 0 bridgehead atoms. The van der Waals surface area contributed by atoms with E-state index in [0.717, 1.165) is 21.5 Å². The number of hydrogen-bond acceptors (Lipinski definition) is 2. The number of allylic oxidation sites excluding steroid dienone is 1. The van der Waals surface area contributed by atoms with Crippen molar-refractivity contribution in [2.75, 3.05) is 0 Å². The van der Waals surface area contributed by atoms with Crippen LogP contribution in [0.2, 0.25) is 0 Å². The van der Waals surface area contributed by atoms with E-state index >= 15 is 0 Å². The molecule has 0 aliphatic rings. The first kappa shape index (κ1) is 13.8. The third kappa shape index (κ3) is 2.22. The molecule has 0 fully saturated rings. The van der Waals surface area contributed by atoms with E-state index in [1.165, 1.54) is 6.07 Å². The topological polar surface area (TPSA) is 54.4 Å². The van der Waals surface area contributed by atoms with Gasteiger partial charge in [-0.3, -0.25) is 4.55 Å².